The number of thioether (sulfide) groups is 1. The number of rotatable bonds is 7. The maximum Gasteiger partial charge on any atom is 0.324 e. The van der Waals surface area contributed by atoms with Crippen molar-refractivity contribution in [3.8, 4) is 11.3 Å². The minimum absolute atomic E-state index is 0.0611. The Bertz CT molecular complexity index is 1250. The first-order valence-corrected chi connectivity index (χ1v) is 12.9. The highest BCUT2D eigenvalue weighted by molar-refractivity contribution is 8.14. The molecule has 0 unspecified atom stereocenters. The average molecular weight is 507 g/mol. The van der Waals surface area contributed by atoms with Gasteiger partial charge in [0.15, 0.2) is 0 Å². The quantitative estimate of drug-likeness (QED) is 0.308. The lowest BCUT2D eigenvalue weighted by Gasteiger charge is -2.24. The van der Waals surface area contributed by atoms with Gasteiger partial charge in [-0.15, -0.1) is 12.6 Å². The Morgan fingerprint density at radius 1 is 1.14 bits per heavy atom. The van der Waals surface area contributed by atoms with Crippen molar-refractivity contribution in [1.82, 2.24) is 10.2 Å². The van der Waals surface area contributed by atoms with Crippen molar-refractivity contribution in [3.63, 3.8) is 0 Å². The molecule has 0 aliphatic carbocycles. The number of amides is 1. The van der Waals surface area contributed by atoms with Crippen molar-refractivity contribution in [1.29, 1.82) is 0 Å². The summed E-state index contributed by atoms with van der Waals surface area (Å²) < 4.78 is 5.76. The first-order valence-electron chi connectivity index (χ1n) is 11.5. The van der Waals surface area contributed by atoms with E-state index in [1.807, 2.05) is 66.7 Å². The van der Waals surface area contributed by atoms with Crippen molar-refractivity contribution in [2.45, 2.75) is 36.1 Å². The summed E-state index contributed by atoms with van der Waals surface area (Å²) in [5.74, 6) is 0.429. The molecule has 1 amide bonds. The van der Waals surface area contributed by atoms with E-state index >= 15 is 0 Å². The molecule has 35 heavy (non-hydrogen) atoms. The van der Waals surface area contributed by atoms with Crippen LogP contribution in [0.4, 0.5) is 0 Å². The Labute approximate surface area is 213 Å². The van der Waals surface area contributed by atoms with Gasteiger partial charge in [0.05, 0.1) is 4.91 Å². The lowest BCUT2D eigenvalue weighted by Crippen LogP contribution is -2.49. The summed E-state index contributed by atoms with van der Waals surface area (Å²) in [7, 11) is 0. The van der Waals surface area contributed by atoms with Gasteiger partial charge in [0.25, 0.3) is 5.91 Å². The molecule has 3 aromatic rings. The van der Waals surface area contributed by atoms with Crippen molar-refractivity contribution >= 4 is 42.3 Å². The molecule has 0 radical (unpaired) electrons. The maximum atomic E-state index is 13.0. The molecule has 1 aromatic heterocycles. The van der Waals surface area contributed by atoms with Crippen molar-refractivity contribution in [2.24, 2.45) is 0 Å². The second-order valence-electron chi connectivity index (χ2n) is 8.86. The van der Waals surface area contributed by atoms with Gasteiger partial charge in [-0.2, -0.15) is 0 Å². The zero-order valence-corrected chi connectivity index (χ0v) is 20.7. The number of furan rings is 1. The summed E-state index contributed by atoms with van der Waals surface area (Å²) >= 11 is 6.00. The van der Waals surface area contributed by atoms with Crippen LogP contribution < -0.4 is 5.32 Å². The van der Waals surface area contributed by atoms with Gasteiger partial charge in [0.2, 0.25) is 0 Å². The highest BCUT2D eigenvalue weighted by Crippen LogP contribution is 2.39. The van der Waals surface area contributed by atoms with Gasteiger partial charge in [-0.05, 0) is 42.6 Å². The van der Waals surface area contributed by atoms with Crippen LogP contribution in [-0.2, 0) is 22.6 Å². The van der Waals surface area contributed by atoms with Crippen LogP contribution in [0.5, 0.6) is 0 Å². The van der Waals surface area contributed by atoms with Crippen molar-refractivity contribution < 1.29 is 19.1 Å². The van der Waals surface area contributed by atoms with Crippen LogP contribution in [0.2, 0.25) is 0 Å². The van der Waals surface area contributed by atoms with Gasteiger partial charge < -0.3 is 19.7 Å². The summed E-state index contributed by atoms with van der Waals surface area (Å²) in [5, 5.41) is 12.8. The second kappa shape index (κ2) is 9.97. The number of hydrogen-bond acceptors (Lipinski definition) is 6. The van der Waals surface area contributed by atoms with Gasteiger partial charge >= 0.3 is 5.97 Å². The lowest BCUT2D eigenvalue weighted by molar-refractivity contribution is -0.144. The van der Waals surface area contributed by atoms with Gasteiger partial charge in [-0.1, -0.05) is 66.4 Å². The fraction of sp³-hybridized carbons (Fsp3) is 0.259. The number of thiol groups is 1. The van der Waals surface area contributed by atoms with Gasteiger partial charge in [0, 0.05) is 24.6 Å². The highest BCUT2D eigenvalue weighted by Gasteiger charge is 2.41. The molecule has 2 atom stereocenters. The number of carboxylic acids is 1. The standard InChI is InChI=1S/C27H26N2O4S2/c30-24-23(35-26(34)29(24)17-19-5-2-1-3-6-19)15-21-11-12-22(33-21)20-9-7-18(8-10-20)16-27(25(31)32)13-4-14-28-27/h1-3,5-12,15,26,28,34H,4,13-14,16-17H2,(H,31,32)/b23-15-/t26-,27-/m1/s1. The van der Waals surface area contributed by atoms with E-state index in [0.717, 1.165) is 29.7 Å². The molecule has 2 fully saturated rings. The molecule has 0 bridgehead atoms. The van der Waals surface area contributed by atoms with E-state index in [4.69, 9.17) is 4.42 Å². The smallest absolute Gasteiger partial charge is 0.324 e. The Morgan fingerprint density at radius 2 is 1.91 bits per heavy atom. The second-order valence-corrected chi connectivity index (χ2v) is 10.8. The van der Waals surface area contributed by atoms with Crippen LogP contribution in [0.25, 0.3) is 17.4 Å². The largest absolute Gasteiger partial charge is 0.480 e. The summed E-state index contributed by atoms with van der Waals surface area (Å²) in [6.45, 7) is 1.24. The monoisotopic (exact) mass is 506 g/mol. The highest BCUT2D eigenvalue weighted by atomic mass is 32.2. The molecule has 2 aliphatic rings. The lowest BCUT2D eigenvalue weighted by atomic mass is 9.89. The zero-order chi connectivity index (χ0) is 24.4. The molecule has 6 nitrogen and oxygen atoms in total. The first kappa shape index (κ1) is 23.8. The van der Waals surface area contributed by atoms with E-state index in [1.54, 1.807) is 11.0 Å². The molecule has 5 rings (SSSR count). The molecular weight excluding hydrogens is 480 g/mol. The fourth-order valence-corrected chi connectivity index (χ4v) is 6.01. The molecule has 2 saturated heterocycles. The number of nitrogens with zero attached hydrogens (tertiary/aromatic N) is 1. The first-order chi connectivity index (χ1) is 16.9. The van der Waals surface area contributed by atoms with E-state index < -0.39 is 11.5 Å². The van der Waals surface area contributed by atoms with E-state index in [-0.39, 0.29) is 10.6 Å². The molecule has 3 heterocycles. The molecule has 0 saturated carbocycles. The van der Waals surface area contributed by atoms with Crippen LogP contribution in [0.3, 0.4) is 0 Å². The number of aliphatic carboxylic acids is 1. The molecule has 2 N–H and O–H groups in total. The van der Waals surface area contributed by atoms with E-state index in [1.165, 1.54) is 11.8 Å². The molecule has 8 heteroatoms. The summed E-state index contributed by atoms with van der Waals surface area (Å²) in [6, 6.07) is 21.4. The Kier molecular flexibility index (Phi) is 6.77. The van der Waals surface area contributed by atoms with E-state index in [0.29, 0.717) is 35.8 Å². The zero-order valence-electron chi connectivity index (χ0n) is 19.0. The number of carboxylic acid groups (broad SMARTS) is 1. The number of carbonyl (C=O) groups is 2. The Hall–Kier alpha value is -2.94. The third-order valence-corrected chi connectivity index (χ3v) is 8.07. The summed E-state index contributed by atoms with van der Waals surface area (Å²) in [6.07, 6.45) is 3.71. The number of nitrogens with one attached hydrogen (secondary N) is 1. The number of carbonyl (C=O) groups excluding carboxylic acids is 1. The minimum atomic E-state index is -0.879. The Morgan fingerprint density at radius 3 is 2.60 bits per heavy atom. The summed E-state index contributed by atoms with van der Waals surface area (Å²) in [4.78, 5) is 27.1. The third-order valence-electron chi connectivity index (χ3n) is 6.46. The average Bonchev–Trinajstić information content (AvgIpc) is 3.58. The maximum absolute atomic E-state index is 13.0. The normalized spacial score (nSPS) is 23.3. The minimum Gasteiger partial charge on any atom is -0.480 e. The predicted octanol–water partition coefficient (Wildman–Crippen LogP) is 5.03. The Balaban J connectivity index is 1.28. The number of hydrogen-bond donors (Lipinski definition) is 3. The van der Waals surface area contributed by atoms with E-state index in [2.05, 4.69) is 17.9 Å². The van der Waals surface area contributed by atoms with Crippen LogP contribution >= 0.6 is 24.4 Å². The van der Waals surface area contributed by atoms with Crippen LogP contribution in [0, 0.1) is 0 Å². The van der Waals surface area contributed by atoms with Gasteiger partial charge in [-0.25, -0.2) is 0 Å². The SMILES string of the molecule is O=C1/C(=C/c2ccc(-c3ccc(C[C@@]4(C(=O)O)CCCN4)cc3)o2)S[C@@H](S)N1Cc1ccccc1. The molecule has 180 valence electrons. The van der Waals surface area contributed by atoms with Crippen molar-refractivity contribution in [2.75, 3.05) is 6.54 Å². The molecule has 0 spiro atoms. The van der Waals surface area contributed by atoms with Crippen LogP contribution in [0.1, 0.15) is 29.7 Å². The van der Waals surface area contributed by atoms with E-state index in [9.17, 15) is 14.7 Å². The van der Waals surface area contributed by atoms with Crippen molar-refractivity contribution in [3.05, 3.63) is 88.5 Å². The van der Waals surface area contributed by atoms with Crippen LogP contribution in [-0.4, -0.2) is 38.7 Å². The predicted molar refractivity (Wildman–Crippen MR) is 141 cm³/mol. The van der Waals surface area contributed by atoms with Crippen LogP contribution in [0.15, 0.2) is 76.1 Å². The van der Waals surface area contributed by atoms with Gasteiger partial charge in [0.1, 0.15) is 21.8 Å². The molecule has 2 aliphatic heterocycles. The summed E-state index contributed by atoms with van der Waals surface area (Å²) in [5.41, 5.74) is 2.04. The molecule has 2 aromatic carbocycles. The third kappa shape index (κ3) is 5.05. The van der Waals surface area contributed by atoms with Gasteiger partial charge in [-0.3, -0.25) is 9.59 Å². The fourth-order valence-electron chi connectivity index (χ4n) is 4.56. The number of benzene rings is 2. The molecular formula is C27H26N2O4S2. The topological polar surface area (TPSA) is 82.8 Å².